The Morgan fingerprint density at radius 1 is 1.37 bits per heavy atom. The molecule has 0 unspecified atom stereocenters. The molecule has 19 heavy (non-hydrogen) atoms. The standard InChI is InChI=1S/C13H13F2NO3/c14-13(15)19-11-4-2-1-3-8(11)9-5-7(12(16)18)6-10(9)17/h1-4,7,9,13H,5-6H2,(H2,16,18)/t7-,9-/m0/s1. The van der Waals surface area contributed by atoms with E-state index in [2.05, 4.69) is 4.74 Å². The number of hydrogen-bond acceptors (Lipinski definition) is 3. The van der Waals surface area contributed by atoms with Crippen LogP contribution in [0.15, 0.2) is 24.3 Å². The van der Waals surface area contributed by atoms with E-state index in [4.69, 9.17) is 5.73 Å². The van der Waals surface area contributed by atoms with Crippen LogP contribution in [-0.4, -0.2) is 18.3 Å². The fraction of sp³-hybridized carbons (Fsp3) is 0.385. The molecule has 1 saturated carbocycles. The van der Waals surface area contributed by atoms with E-state index in [0.29, 0.717) is 5.56 Å². The van der Waals surface area contributed by atoms with E-state index in [1.807, 2.05) is 0 Å². The molecule has 1 aromatic rings. The lowest BCUT2D eigenvalue weighted by Crippen LogP contribution is -2.20. The second-order valence-electron chi connectivity index (χ2n) is 4.47. The molecule has 102 valence electrons. The number of Topliss-reactive ketones (excluding diaryl/α,β-unsaturated/α-hetero) is 1. The van der Waals surface area contributed by atoms with Crippen LogP contribution in [-0.2, 0) is 9.59 Å². The minimum atomic E-state index is -2.95. The maximum Gasteiger partial charge on any atom is 0.387 e. The number of halogens is 2. The lowest BCUT2D eigenvalue weighted by molar-refractivity contribution is -0.124. The van der Waals surface area contributed by atoms with Crippen LogP contribution in [0.2, 0.25) is 0 Å². The number of rotatable bonds is 4. The van der Waals surface area contributed by atoms with Gasteiger partial charge in [-0.2, -0.15) is 8.78 Å². The summed E-state index contributed by atoms with van der Waals surface area (Å²) in [7, 11) is 0. The number of para-hydroxylation sites is 1. The summed E-state index contributed by atoms with van der Waals surface area (Å²) >= 11 is 0. The molecule has 1 aliphatic rings. The average Bonchev–Trinajstić information content (AvgIpc) is 2.71. The highest BCUT2D eigenvalue weighted by Gasteiger charge is 2.37. The van der Waals surface area contributed by atoms with Gasteiger partial charge in [-0.1, -0.05) is 18.2 Å². The number of primary amides is 1. The van der Waals surface area contributed by atoms with Gasteiger partial charge in [0, 0.05) is 23.8 Å². The molecule has 1 aliphatic carbocycles. The van der Waals surface area contributed by atoms with Crippen LogP contribution in [0, 0.1) is 5.92 Å². The van der Waals surface area contributed by atoms with E-state index in [-0.39, 0.29) is 24.4 Å². The van der Waals surface area contributed by atoms with Crippen molar-refractivity contribution in [1.82, 2.24) is 0 Å². The number of alkyl halides is 2. The van der Waals surface area contributed by atoms with E-state index >= 15 is 0 Å². The Bertz CT molecular complexity index is 504. The van der Waals surface area contributed by atoms with E-state index < -0.39 is 24.4 Å². The molecule has 2 N–H and O–H groups in total. The van der Waals surface area contributed by atoms with Crippen molar-refractivity contribution in [3.63, 3.8) is 0 Å². The zero-order chi connectivity index (χ0) is 14.0. The largest absolute Gasteiger partial charge is 0.435 e. The summed E-state index contributed by atoms with van der Waals surface area (Å²) in [6.45, 7) is -2.95. The van der Waals surface area contributed by atoms with Crippen LogP contribution in [0.4, 0.5) is 8.78 Å². The van der Waals surface area contributed by atoms with Gasteiger partial charge in [-0.25, -0.2) is 0 Å². The Hall–Kier alpha value is -1.98. The number of hydrogen-bond donors (Lipinski definition) is 1. The summed E-state index contributed by atoms with van der Waals surface area (Å²) in [4.78, 5) is 23.0. The molecular formula is C13H13F2NO3. The summed E-state index contributed by atoms with van der Waals surface area (Å²) < 4.78 is 29.0. The first-order chi connectivity index (χ1) is 8.99. The molecule has 1 aromatic carbocycles. The predicted octanol–water partition coefficient (Wildman–Crippen LogP) is 1.84. The lowest BCUT2D eigenvalue weighted by Gasteiger charge is -2.14. The van der Waals surface area contributed by atoms with Crippen molar-refractivity contribution in [2.75, 3.05) is 0 Å². The molecule has 0 saturated heterocycles. The number of carbonyl (C=O) groups excluding carboxylic acids is 2. The number of carbonyl (C=O) groups is 2. The molecule has 2 rings (SSSR count). The quantitative estimate of drug-likeness (QED) is 0.906. The molecule has 4 nitrogen and oxygen atoms in total. The highest BCUT2D eigenvalue weighted by Crippen LogP contribution is 2.39. The average molecular weight is 269 g/mol. The SMILES string of the molecule is NC(=O)[C@@H]1CC(=O)[C@H](c2ccccc2OC(F)F)C1. The van der Waals surface area contributed by atoms with Crippen molar-refractivity contribution < 1.29 is 23.1 Å². The zero-order valence-electron chi connectivity index (χ0n) is 10.0. The Balaban J connectivity index is 2.27. The Labute approximate surface area is 108 Å². The van der Waals surface area contributed by atoms with Crippen molar-refractivity contribution in [2.45, 2.75) is 25.4 Å². The van der Waals surface area contributed by atoms with Crippen LogP contribution in [0.3, 0.4) is 0 Å². The number of benzene rings is 1. The van der Waals surface area contributed by atoms with Crippen molar-refractivity contribution >= 4 is 11.7 Å². The van der Waals surface area contributed by atoms with Crippen molar-refractivity contribution in [2.24, 2.45) is 11.7 Å². The third kappa shape index (κ3) is 2.89. The molecule has 0 spiro atoms. The number of nitrogens with two attached hydrogens (primary N) is 1. The van der Waals surface area contributed by atoms with Gasteiger partial charge < -0.3 is 10.5 Å². The fourth-order valence-electron chi connectivity index (χ4n) is 2.37. The number of ketones is 1. The number of ether oxygens (including phenoxy) is 1. The van der Waals surface area contributed by atoms with E-state index in [0.717, 1.165) is 0 Å². The van der Waals surface area contributed by atoms with Crippen LogP contribution in [0.1, 0.15) is 24.3 Å². The smallest absolute Gasteiger partial charge is 0.387 e. The second-order valence-corrected chi connectivity index (χ2v) is 4.47. The molecule has 6 heteroatoms. The summed E-state index contributed by atoms with van der Waals surface area (Å²) in [5.41, 5.74) is 5.56. The fourth-order valence-corrected chi connectivity index (χ4v) is 2.37. The summed E-state index contributed by atoms with van der Waals surface area (Å²) in [5, 5.41) is 0. The first-order valence-electron chi connectivity index (χ1n) is 5.84. The summed E-state index contributed by atoms with van der Waals surface area (Å²) in [6, 6.07) is 6.13. The minimum absolute atomic E-state index is 0.0269. The second kappa shape index (κ2) is 5.34. The third-order valence-corrected chi connectivity index (χ3v) is 3.27. The zero-order valence-corrected chi connectivity index (χ0v) is 10.0. The van der Waals surface area contributed by atoms with Crippen molar-refractivity contribution in [3.8, 4) is 5.75 Å². The molecule has 0 aromatic heterocycles. The molecule has 2 atom stereocenters. The molecule has 1 fully saturated rings. The van der Waals surface area contributed by atoms with E-state index in [9.17, 15) is 18.4 Å². The molecule has 1 amide bonds. The van der Waals surface area contributed by atoms with Gasteiger partial charge in [-0.05, 0) is 12.5 Å². The third-order valence-electron chi connectivity index (χ3n) is 3.27. The van der Waals surface area contributed by atoms with E-state index in [1.54, 1.807) is 18.2 Å². The highest BCUT2D eigenvalue weighted by molar-refractivity contribution is 5.94. The van der Waals surface area contributed by atoms with E-state index in [1.165, 1.54) is 6.07 Å². The molecule has 0 radical (unpaired) electrons. The summed E-state index contributed by atoms with van der Waals surface area (Å²) in [6.07, 6.45) is 0.306. The van der Waals surface area contributed by atoms with Crippen molar-refractivity contribution in [3.05, 3.63) is 29.8 Å². The molecule has 0 aliphatic heterocycles. The van der Waals surface area contributed by atoms with Crippen LogP contribution in [0.25, 0.3) is 0 Å². The van der Waals surface area contributed by atoms with Gasteiger partial charge in [-0.3, -0.25) is 9.59 Å². The molecular weight excluding hydrogens is 256 g/mol. The first kappa shape index (κ1) is 13.5. The van der Waals surface area contributed by atoms with Gasteiger partial charge in [0.25, 0.3) is 0 Å². The normalized spacial score (nSPS) is 22.8. The molecule has 0 heterocycles. The first-order valence-corrected chi connectivity index (χ1v) is 5.84. The van der Waals surface area contributed by atoms with Gasteiger partial charge in [0.2, 0.25) is 5.91 Å². The van der Waals surface area contributed by atoms with Gasteiger partial charge in [0.15, 0.2) is 0 Å². The monoisotopic (exact) mass is 269 g/mol. The van der Waals surface area contributed by atoms with Gasteiger partial charge in [0.1, 0.15) is 11.5 Å². The lowest BCUT2D eigenvalue weighted by atomic mass is 9.94. The van der Waals surface area contributed by atoms with Gasteiger partial charge in [-0.15, -0.1) is 0 Å². The highest BCUT2D eigenvalue weighted by atomic mass is 19.3. The summed E-state index contributed by atoms with van der Waals surface area (Å²) in [5.74, 6) is -1.87. The Kier molecular flexibility index (Phi) is 3.78. The Morgan fingerprint density at radius 2 is 2.05 bits per heavy atom. The maximum atomic E-state index is 12.3. The van der Waals surface area contributed by atoms with Crippen LogP contribution >= 0.6 is 0 Å². The van der Waals surface area contributed by atoms with Crippen molar-refractivity contribution in [1.29, 1.82) is 0 Å². The number of amides is 1. The topological polar surface area (TPSA) is 69.4 Å². The van der Waals surface area contributed by atoms with Gasteiger partial charge >= 0.3 is 6.61 Å². The molecule has 0 bridgehead atoms. The van der Waals surface area contributed by atoms with Crippen LogP contribution < -0.4 is 10.5 Å². The Morgan fingerprint density at radius 3 is 2.63 bits per heavy atom. The van der Waals surface area contributed by atoms with Crippen LogP contribution in [0.5, 0.6) is 5.75 Å². The maximum absolute atomic E-state index is 12.3. The van der Waals surface area contributed by atoms with Gasteiger partial charge in [0.05, 0.1) is 0 Å². The minimum Gasteiger partial charge on any atom is -0.435 e. The predicted molar refractivity (Wildman–Crippen MR) is 62.7 cm³/mol.